The van der Waals surface area contributed by atoms with Crippen molar-refractivity contribution in [3.05, 3.63) is 196 Å². The van der Waals surface area contributed by atoms with Crippen LogP contribution >= 0.6 is 48.0 Å². The van der Waals surface area contributed by atoms with E-state index in [1.807, 2.05) is 48.6 Å². The molecule has 7 aromatic carbocycles. The molecule has 1 aliphatic carbocycles. The van der Waals surface area contributed by atoms with Crippen molar-refractivity contribution in [1.29, 1.82) is 0 Å². The van der Waals surface area contributed by atoms with Crippen molar-refractivity contribution in [3.63, 3.8) is 0 Å². The number of fused-ring (bicyclic) bond motifs is 3. The van der Waals surface area contributed by atoms with Gasteiger partial charge in [0.15, 0.2) is 0 Å². The Kier molecular flexibility index (Phi) is 16.0. The molecule has 0 bridgehead atoms. The molecule has 0 aromatic heterocycles. The van der Waals surface area contributed by atoms with Crippen LogP contribution in [-0.2, 0) is 35.1 Å². The first-order valence-corrected chi connectivity index (χ1v) is 20.4. The normalized spacial score (nSPS) is 11.9. The van der Waals surface area contributed by atoms with Gasteiger partial charge >= 0.3 is 120 Å². The molecule has 0 amide bonds. The molecule has 0 radical (unpaired) electrons. The number of benzene rings is 6. The molecule has 0 aliphatic heterocycles. The quantitative estimate of drug-likeness (QED) is 0.154. The zero-order valence-corrected chi connectivity index (χ0v) is 38.4. The van der Waals surface area contributed by atoms with Crippen LogP contribution in [-0.4, -0.2) is 3.21 Å². The van der Waals surface area contributed by atoms with Crippen molar-refractivity contribution in [2.24, 2.45) is 0 Å². The van der Waals surface area contributed by atoms with E-state index in [2.05, 4.69) is 157 Å². The van der Waals surface area contributed by atoms with Gasteiger partial charge in [-0.15, -0.1) is 71.0 Å². The first-order valence-electron chi connectivity index (χ1n) is 18.4. The predicted octanol–water partition coefficient (Wildman–Crippen LogP) is 15.9. The summed E-state index contributed by atoms with van der Waals surface area (Å²) in [7, 11) is 0. The third kappa shape index (κ3) is 11.2. The van der Waals surface area contributed by atoms with Crippen LogP contribution in [0, 0.1) is 6.08 Å². The molecule has 0 spiro atoms. The zero-order chi connectivity index (χ0) is 38.5. The minimum absolute atomic E-state index is 0. The van der Waals surface area contributed by atoms with E-state index in [-0.39, 0.29) is 35.6 Å². The van der Waals surface area contributed by atoms with E-state index in [1.54, 1.807) is 0 Å². The van der Waals surface area contributed by atoms with Crippen LogP contribution in [0.5, 0.6) is 0 Å². The molecule has 0 N–H and O–H groups in total. The molecule has 0 heterocycles. The van der Waals surface area contributed by atoms with E-state index in [0.29, 0.717) is 0 Å². The molecule has 0 atom stereocenters. The fourth-order valence-electron chi connectivity index (χ4n) is 6.85. The van der Waals surface area contributed by atoms with Crippen LogP contribution in [0.25, 0.3) is 43.8 Å². The van der Waals surface area contributed by atoms with Gasteiger partial charge in [-0.2, -0.15) is 6.08 Å². The Hall–Kier alpha value is -3.42. The van der Waals surface area contributed by atoms with Crippen molar-refractivity contribution in [1.82, 2.24) is 0 Å². The largest absolute Gasteiger partial charge is 0.273 e. The number of rotatable bonds is 4. The zero-order valence-electron chi connectivity index (χ0n) is 32.8. The van der Waals surface area contributed by atoms with Gasteiger partial charge in [-0.3, -0.25) is 6.08 Å². The van der Waals surface area contributed by atoms with Gasteiger partial charge in [0.25, 0.3) is 0 Å². The molecule has 5 heteroatoms. The van der Waals surface area contributed by atoms with Crippen LogP contribution < -0.4 is 0 Å². The van der Waals surface area contributed by atoms with E-state index < -0.39 is 0 Å². The maximum absolute atomic E-state index is 5.98. The summed E-state index contributed by atoms with van der Waals surface area (Å²) in [6.07, 6.45) is 10.0. The van der Waals surface area contributed by atoms with Gasteiger partial charge in [-0.05, 0) is 44.2 Å². The molecule has 0 saturated carbocycles. The Morgan fingerprint density at radius 2 is 1.00 bits per heavy atom. The summed E-state index contributed by atoms with van der Waals surface area (Å²) in [6.45, 7) is 13.9. The van der Waals surface area contributed by atoms with Gasteiger partial charge in [0.05, 0.1) is 0 Å². The smallest absolute Gasteiger partial charge is 0.109 e. The summed E-state index contributed by atoms with van der Waals surface area (Å²) in [5, 5.41) is 6.89. The van der Waals surface area contributed by atoms with Crippen molar-refractivity contribution >= 4 is 72.8 Å². The maximum Gasteiger partial charge on any atom is -0.109 e. The first-order chi connectivity index (χ1) is 25.8. The second kappa shape index (κ2) is 19.8. The van der Waals surface area contributed by atoms with Gasteiger partial charge < -0.3 is 0 Å². The molecule has 0 saturated heterocycles. The molecule has 7 aromatic rings. The minimum Gasteiger partial charge on any atom is -0.273 e. The van der Waals surface area contributed by atoms with Gasteiger partial charge in [0.1, 0.15) is 0 Å². The molecule has 0 fully saturated rings. The van der Waals surface area contributed by atoms with Gasteiger partial charge in [-0.1, -0.05) is 114 Å². The van der Waals surface area contributed by atoms with Crippen molar-refractivity contribution in [2.45, 2.75) is 58.8 Å². The number of hydrogen-bond acceptors (Lipinski definition) is 0. The maximum atomic E-state index is 5.98. The Bertz CT molecular complexity index is 2290. The summed E-state index contributed by atoms with van der Waals surface area (Å²) < 4.78 is 1.26. The van der Waals surface area contributed by atoms with E-state index in [4.69, 9.17) is 23.2 Å². The number of allylic oxidation sites excluding steroid dienone is 4. The van der Waals surface area contributed by atoms with E-state index in [0.717, 1.165) is 27.6 Å². The van der Waals surface area contributed by atoms with E-state index >= 15 is 0 Å². The van der Waals surface area contributed by atoms with Crippen LogP contribution in [0.15, 0.2) is 158 Å². The SMILES string of the molecule is CC(C)(C)c1cc2c(cc1-c1ccccc1)[cH-]c1cc(-c3ccccc3)c(C(C)(C)C)cc12.Cl.Cl.Clc1cccc([C](=[Zr+2])c2cccc(Cl)c2)c1.[C-]1=CC=CC1. The monoisotopic (exact) mass is 890 g/mol. The third-order valence-electron chi connectivity index (χ3n) is 9.58. The Morgan fingerprint density at radius 1 is 0.571 bits per heavy atom. The molecule has 8 rings (SSSR count). The summed E-state index contributed by atoms with van der Waals surface area (Å²) >= 11 is 13.3. The van der Waals surface area contributed by atoms with Crippen molar-refractivity contribution in [2.75, 3.05) is 0 Å². The predicted molar refractivity (Wildman–Crippen MR) is 247 cm³/mol. The van der Waals surface area contributed by atoms with Gasteiger partial charge in [-0.25, -0.2) is 12.2 Å². The summed E-state index contributed by atoms with van der Waals surface area (Å²) in [6, 6.07) is 49.5. The third-order valence-corrected chi connectivity index (χ3v) is 11.5. The molecule has 0 nitrogen and oxygen atoms in total. The Labute approximate surface area is 371 Å². The topological polar surface area (TPSA) is 0 Å². The van der Waals surface area contributed by atoms with Crippen LogP contribution in [0.4, 0.5) is 0 Å². The fraction of sp³-hybridized carbons (Fsp3) is 0.176. The number of hydrogen-bond donors (Lipinski definition) is 0. The molecule has 284 valence electrons. The van der Waals surface area contributed by atoms with E-state index in [9.17, 15) is 0 Å². The Balaban J connectivity index is 0.000000252. The molecule has 1 aliphatic rings. The average molecular weight is 894 g/mol. The summed E-state index contributed by atoms with van der Waals surface area (Å²) in [5.41, 5.74) is 10.5. The van der Waals surface area contributed by atoms with Crippen molar-refractivity contribution < 1.29 is 24.2 Å². The first kappa shape index (κ1) is 45.3. The van der Waals surface area contributed by atoms with Gasteiger partial charge in [0, 0.05) is 0 Å². The van der Waals surface area contributed by atoms with Crippen molar-refractivity contribution in [3.8, 4) is 22.3 Å². The molecular weight excluding hydrogens is 846 g/mol. The number of halogens is 4. The molecule has 56 heavy (non-hydrogen) atoms. The van der Waals surface area contributed by atoms with E-state index in [1.165, 1.54) is 82.4 Å². The van der Waals surface area contributed by atoms with Crippen LogP contribution in [0.1, 0.15) is 70.2 Å². The second-order valence-electron chi connectivity index (χ2n) is 15.7. The summed E-state index contributed by atoms with van der Waals surface area (Å²) in [5.74, 6) is 0. The fourth-order valence-corrected chi connectivity index (χ4v) is 8.00. The second-order valence-corrected chi connectivity index (χ2v) is 17.8. The van der Waals surface area contributed by atoms with Gasteiger partial charge in [0.2, 0.25) is 0 Å². The standard InChI is InChI=1S/C33H33.C13H8Cl2.C5H5.2ClH.Zr/c1-32(2,3)30-20-26-24(18-28(30)22-13-9-7-10-14-22)17-25-19-29(23-15-11-8-12-16-23)31(21-27(25)26)33(4,5)6;14-12-5-1-3-10(8-12)7-11-4-2-6-13(15)9-11;1-2-4-5-3-1;;;/h7-21H,1-6H3;1-6,8-9H;1-3H,4H2;2*1H;/q-1;;-1;;;+2. The Morgan fingerprint density at radius 3 is 1.32 bits per heavy atom. The minimum atomic E-state index is 0. The molecular formula is C51H48Cl4Zr. The average Bonchev–Trinajstić information content (AvgIpc) is 3.86. The van der Waals surface area contributed by atoms with Crippen LogP contribution in [0.3, 0.4) is 0 Å². The molecule has 0 unspecified atom stereocenters. The van der Waals surface area contributed by atoms with Crippen LogP contribution in [0.2, 0.25) is 10.0 Å². The summed E-state index contributed by atoms with van der Waals surface area (Å²) in [4.78, 5) is 0.